The third-order valence-electron chi connectivity index (χ3n) is 3.04. The Morgan fingerprint density at radius 1 is 1.53 bits per heavy atom. The molecule has 1 fully saturated rings. The Morgan fingerprint density at radius 3 is 2.89 bits per heavy atom. The highest BCUT2D eigenvalue weighted by Gasteiger charge is 2.35. The van der Waals surface area contributed by atoms with Gasteiger partial charge in [0.1, 0.15) is 0 Å². The molecule has 0 saturated carbocycles. The predicted octanol–water partition coefficient (Wildman–Crippen LogP) is 0.706. The molecular formula is C11H13FN2O4S. The van der Waals surface area contributed by atoms with E-state index in [1.54, 1.807) is 0 Å². The number of aromatic nitrogens is 1. The van der Waals surface area contributed by atoms with Crippen molar-refractivity contribution in [2.75, 3.05) is 13.1 Å². The van der Waals surface area contributed by atoms with Gasteiger partial charge in [-0.15, -0.1) is 0 Å². The van der Waals surface area contributed by atoms with Gasteiger partial charge in [-0.3, -0.25) is 4.79 Å². The van der Waals surface area contributed by atoms with Crippen LogP contribution in [0.3, 0.4) is 0 Å². The number of hydrogen-bond donors (Lipinski definition) is 1. The molecule has 0 radical (unpaired) electrons. The van der Waals surface area contributed by atoms with Crippen molar-refractivity contribution in [3.8, 4) is 0 Å². The van der Waals surface area contributed by atoms with Crippen molar-refractivity contribution in [2.24, 2.45) is 5.92 Å². The monoisotopic (exact) mass is 288 g/mol. The van der Waals surface area contributed by atoms with Crippen molar-refractivity contribution in [3.63, 3.8) is 0 Å². The second-order valence-electron chi connectivity index (χ2n) is 4.33. The average Bonchev–Trinajstić information content (AvgIpc) is 2.39. The Balaban J connectivity index is 2.30. The molecule has 8 heteroatoms. The van der Waals surface area contributed by atoms with Gasteiger partial charge in [0.15, 0.2) is 5.82 Å². The van der Waals surface area contributed by atoms with Crippen molar-refractivity contribution < 1.29 is 22.7 Å². The number of sulfonamides is 1. The predicted molar refractivity (Wildman–Crippen MR) is 63.3 cm³/mol. The number of carboxylic acids is 1. The second-order valence-corrected chi connectivity index (χ2v) is 6.18. The van der Waals surface area contributed by atoms with E-state index < -0.39 is 32.8 Å². The molecular weight excluding hydrogens is 275 g/mol. The van der Waals surface area contributed by atoms with E-state index in [2.05, 4.69) is 4.98 Å². The standard InChI is InChI=1S/C11H13FN2O4S/c12-9-4-1-5-13-10(9)19(17,18)14-6-2-3-8(7-14)11(15)16/h1,4-5,8H,2-3,6-7H2,(H,15,16)/t8-/m0/s1. The first-order chi connectivity index (χ1) is 8.93. The van der Waals surface area contributed by atoms with Gasteiger partial charge in [-0.1, -0.05) is 0 Å². The summed E-state index contributed by atoms with van der Waals surface area (Å²) in [7, 11) is -4.08. The van der Waals surface area contributed by atoms with Gasteiger partial charge in [-0.25, -0.2) is 17.8 Å². The summed E-state index contributed by atoms with van der Waals surface area (Å²) in [6.07, 6.45) is 2.05. The Bertz CT molecular complexity index is 590. The summed E-state index contributed by atoms with van der Waals surface area (Å²) < 4.78 is 38.9. The van der Waals surface area contributed by atoms with Crippen LogP contribution in [0.5, 0.6) is 0 Å². The first kappa shape index (κ1) is 13.9. The van der Waals surface area contributed by atoms with E-state index >= 15 is 0 Å². The lowest BCUT2D eigenvalue weighted by atomic mass is 10.0. The maximum Gasteiger partial charge on any atom is 0.307 e. The maximum absolute atomic E-state index is 13.5. The lowest BCUT2D eigenvalue weighted by Crippen LogP contribution is -2.42. The number of piperidine rings is 1. The number of aliphatic carboxylic acids is 1. The molecule has 104 valence electrons. The van der Waals surface area contributed by atoms with Crippen molar-refractivity contribution in [1.82, 2.24) is 9.29 Å². The first-order valence-corrected chi connectivity index (χ1v) is 7.20. The lowest BCUT2D eigenvalue weighted by molar-refractivity contribution is -0.142. The van der Waals surface area contributed by atoms with Crippen LogP contribution in [0.1, 0.15) is 12.8 Å². The number of hydrogen-bond acceptors (Lipinski definition) is 4. The fourth-order valence-electron chi connectivity index (χ4n) is 2.05. The van der Waals surface area contributed by atoms with Crippen LogP contribution < -0.4 is 0 Å². The zero-order valence-corrected chi connectivity index (χ0v) is 10.8. The minimum Gasteiger partial charge on any atom is -0.481 e. The zero-order chi connectivity index (χ0) is 14.0. The Labute approximate surface area is 109 Å². The summed E-state index contributed by atoms with van der Waals surface area (Å²) in [5, 5.41) is 8.28. The van der Waals surface area contributed by atoms with Gasteiger partial charge in [-0.05, 0) is 25.0 Å². The van der Waals surface area contributed by atoms with Gasteiger partial charge in [0.25, 0.3) is 10.0 Å². The van der Waals surface area contributed by atoms with E-state index in [0.717, 1.165) is 10.4 Å². The normalized spacial score (nSPS) is 21.2. The van der Waals surface area contributed by atoms with Gasteiger partial charge in [-0.2, -0.15) is 4.31 Å². The molecule has 1 N–H and O–H groups in total. The van der Waals surface area contributed by atoms with Gasteiger partial charge in [0.05, 0.1) is 5.92 Å². The summed E-state index contributed by atoms with van der Waals surface area (Å²) in [5.74, 6) is -2.73. The van der Waals surface area contributed by atoms with Crippen molar-refractivity contribution in [3.05, 3.63) is 24.1 Å². The van der Waals surface area contributed by atoms with Crippen LogP contribution in [0.2, 0.25) is 0 Å². The third-order valence-corrected chi connectivity index (χ3v) is 4.84. The molecule has 0 spiro atoms. The van der Waals surface area contributed by atoms with E-state index in [-0.39, 0.29) is 13.1 Å². The van der Waals surface area contributed by atoms with Gasteiger partial charge < -0.3 is 5.11 Å². The van der Waals surface area contributed by atoms with E-state index in [9.17, 15) is 17.6 Å². The van der Waals surface area contributed by atoms with Crippen LogP contribution in [-0.4, -0.2) is 41.9 Å². The maximum atomic E-state index is 13.5. The van der Waals surface area contributed by atoms with Crippen LogP contribution in [0, 0.1) is 11.7 Å². The van der Waals surface area contributed by atoms with E-state index in [1.807, 2.05) is 0 Å². The van der Waals surface area contributed by atoms with Gasteiger partial charge in [0, 0.05) is 19.3 Å². The van der Waals surface area contributed by atoms with E-state index in [1.165, 1.54) is 12.3 Å². The fourth-order valence-corrected chi connectivity index (χ4v) is 3.54. The van der Waals surface area contributed by atoms with Crippen molar-refractivity contribution in [2.45, 2.75) is 17.9 Å². The summed E-state index contributed by atoms with van der Waals surface area (Å²) >= 11 is 0. The Morgan fingerprint density at radius 2 is 2.26 bits per heavy atom. The lowest BCUT2D eigenvalue weighted by Gasteiger charge is -2.29. The second kappa shape index (κ2) is 5.22. The Kier molecular flexibility index (Phi) is 3.81. The molecule has 19 heavy (non-hydrogen) atoms. The molecule has 2 rings (SSSR count). The van der Waals surface area contributed by atoms with E-state index in [4.69, 9.17) is 5.11 Å². The van der Waals surface area contributed by atoms with Crippen LogP contribution in [0.4, 0.5) is 4.39 Å². The number of halogens is 1. The summed E-state index contributed by atoms with van der Waals surface area (Å²) in [5.41, 5.74) is 0. The summed E-state index contributed by atoms with van der Waals surface area (Å²) in [6, 6.07) is 2.31. The highest BCUT2D eigenvalue weighted by Crippen LogP contribution is 2.24. The molecule has 1 aliphatic heterocycles. The Hall–Kier alpha value is -1.54. The number of rotatable bonds is 3. The molecule has 1 atom stereocenters. The number of nitrogens with zero attached hydrogens (tertiary/aromatic N) is 2. The zero-order valence-electron chi connectivity index (χ0n) is 9.99. The molecule has 1 aromatic rings. The van der Waals surface area contributed by atoms with Gasteiger partial charge in [0.2, 0.25) is 5.03 Å². The molecule has 0 amide bonds. The largest absolute Gasteiger partial charge is 0.481 e. The van der Waals surface area contributed by atoms with Crippen molar-refractivity contribution >= 4 is 16.0 Å². The van der Waals surface area contributed by atoms with E-state index in [0.29, 0.717) is 12.8 Å². The first-order valence-electron chi connectivity index (χ1n) is 5.76. The molecule has 2 heterocycles. The molecule has 0 aromatic carbocycles. The van der Waals surface area contributed by atoms with Crippen LogP contribution in [0.15, 0.2) is 23.4 Å². The smallest absolute Gasteiger partial charge is 0.307 e. The fraction of sp³-hybridized carbons (Fsp3) is 0.455. The summed E-state index contributed by atoms with van der Waals surface area (Å²) in [4.78, 5) is 14.5. The molecule has 1 aromatic heterocycles. The highest BCUT2D eigenvalue weighted by molar-refractivity contribution is 7.89. The molecule has 1 aliphatic rings. The highest BCUT2D eigenvalue weighted by atomic mass is 32.2. The number of carbonyl (C=O) groups is 1. The molecule has 0 unspecified atom stereocenters. The van der Waals surface area contributed by atoms with Crippen molar-refractivity contribution in [1.29, 1.82) is 0 Å². The minimum atomic E-state index is -4.08. The summed E-state index contributed by atoms with van der Waals surface area (Å²) in [6.45, 7) is 0.0375. The number of carboxylic acid groups (broad SMARTS) is 1. The van der Waals surface area contributed by atoms with Crippen LogP contribution in [0.25, 0.3) is 0 Å². The number of pyridine rings is 1. The van der Waals surface area contributed by atoms with Gasteiger partial charge >= 0.3 is 5.97 Å². The topological polar surface area (TPSA) is 87.6 Å². The van der Waals surface area contributed by atoms with Crippen LogP contribution >= 0.6 is 0 Å². The molecule has 0 aliphatic carbocycles. The minimum absolute atomic E-state index is 0.145. The molecule has 0 bridgehead atoms. The quantitative estimate of drug-likeness (QED) is 0.885. The average molecular weight is 288 g/mol. The third kappa shape index (κ3) is 2.74. The molecule has 6 nitrogen and oxygen atoms in total. The SMILES string of the molecule is O=C(O)[C@H]1CCCN(S(=O)(=O)c2ncccc2F)C1. The molecule has 1 saturated heterocycles. The van der Waals surface area contributed by atoms with Crippen LogP contribution in [-0.2, 0) is 14.8 Å².